The highest BCUT2D eigenvalue weighted by Gasteiger charge is 2.21. The maximum absolute atomic E-state index is 12.3. The summed E-state index contributed by atoms with van der Waals surface area (Å²) in [4.78, 5) is 16.5. The van der Waals surface area contributed by atoms with Gasteiger partial charge < -0.3 is 10.2 Å². The van der Waals surface area contributed by atoms with E-state index in [1.807, 2.05) is 47.4 Å². The number of carbonyl (C=O) groups is 1. The Bertz CT molecular complexity index is 728. The Kier molecular flexibility index (Phi) is 6.78. The van der Waals surface area contributed by atoms with E-state index in [0.717, 1.165) is 54.8 Å². The van der Waals surface area contributed by atoms with Gasteiger partial charge in [-0.2, -0.15) is 0 Å². The van der Waals surface area contributed by atoms with Crippen LogP contribution in [0.5, 0.6) is 0 Å². The quantitative estimate of drug-likeness (QED) is 0.833. The van der Waals surface area contributed by atoms with Crippen LogP contribution >= 0.6 is 23.2 Å². The van der Waals surface area contributed by atoms with Crippen LogP contribution in [-0.4, -0.2) is 48.6 Å². The molecule has 0 atom stereocenters. The van der Waals surface area contributed by atoms with Crippen molar-refractivity contribution in [3.8, 4) is 0 Å². The van der Waals surface area contributed by atoms with Crippen molar-refractivity contribution < 1.29 is 4.79 Å². The molecule has 3 rings (SSSR count). The number of amides is 2. The van der Waals surface area contributed by atoms with E-state index in [1.54, 1.807) is 0 Å². The lowest BCUT2D eigenvalue weighted by molar-refractivity contribution is 0.135. The summed E-state index contributed by atoms with van der Waals surface area (Å²) in [6.07, 6.45) is 0.801. The number of carbonyl (C=O) groups excluding carboxylic acids is 1. The Labute approximate surface area is 164 Å². The molecule has 1 saturated heterocycles. The number of urea groups is 1. The normalized spacial score (nSPS) is 15.1. The lowest BCUT2D eigenvalue weighted by Crippen LogP contribution is -2.51. The van der Waals surface area contributed by atoms with Crippen molar-refractivity contribution in [1.29, 1.82) is 0 Å². The monoisotopic (exact) mass is 391 g/mol. The fourth-order valence-corrected chi connectivity index (χ4v) is 3.37. The van der Waals surface area contributed by atoms with Gasteiger partial charge in [-0.05, 0) is 35.7 Å². The SMILES string of the molecule is O=C(NCCc1ccc(Cl)cc1)N1CCN(Cc2ccccc2Cl)CC1. The summed E-state index contributed by atoms with van der Waals surface area (Å²) >= 11 is 12.1. The molecule has 1 N–H and O–H groups in total. The summed E-state index contributed by atoms with van der Waals surface area (Å²) in [6, 6.07) is 15.7. The lowest BCUT2D eigenvalue weighted by atomic mass is 10.1. The fourth-order valence-electron chi connectivity index (χ4n) is 3.05. The summed E-state index contributed by atoms with van der Waals surface area (Å²) < 4.78 is 0. The van der Waals surface area contributed by atoms with Gasteiger partial charge in [-0.25, -0.2) is 4.79 Å². The third-order valence-corrected chi connectivity index (χ3v) is 5.24. The number of piperazine rings is 1. The highest BCUT2D eigenvalue weighted by atomic mass is 35.5. The van der Waals surface area contributed by atoms with Crippen molar-refractivity contribution >= 4 is 29.2 Å². The molecule has 0 spiro atoms. The Morgan fingerprint density at radius 2 is 1.65 bits per heavy atom. The molecule has 4 nitrogen and oxygen atoms in total. The third-order valence-electron chi connectivity index (χ3n) is 4.61. The maximum Gasteiger partial charge on any atom is 0.317 e. The van der Waals surface area contributed by atoms with Crippen molar-refractivity contribution in [2.24, 2.45) is 0 Å². The molecule has 138 valence electrons. The molecular weight excluding hydrogens is 369 g/mol. The molecule has 0 bridgehead atoms. The number of halogens is 2. The third kappa shape index (κ3) is 5.37. The lowest BCUT2D eigenvalue weighted by Gasteiger charge is -2.34. The molecule has 1 fully saturated rings. The van der Waals surface area contributed by atoms with E-state index >= 15 is 0 Å². The predicted octanol–water partition coefficient (Wildman–Crippen LogP) is 4.06. The maximum atomic E-state index is 12.3. The number of nitrogens with one attached hydrogen (secondary N) is 1. The van der Waals surface area contributed by atoms with Crippen LogP contribution in [0.2, 0.25) is 10.0 Å². The first kappa shape index (κ1) is 19.0. The average molecular weight is 392 g/mol. The van der Waals surface area contributed by atoms with Gasteiger partial charge in [-0.3, -0.25) is 4.90 Å². The molecule has 2 amide bonds. The Hall–Kier alpha value is -1.75. The van der Waals surface area contributed by atoms with Crippen molar-refractivity contribution in [2.45, 2.75) is 13.0 Å². The van der Waals surface area contributed by atoms with Crippen LogP contribution < -0.4 is 5.32 Å². The number of rotatable bonds is 5. The van der Waals surface area contributed by atoms with E-state index in [0.29, 0.717) is 6.54 Å². The van der Waals surface area contributed by atoms with Crippen molar-refractivity contribution in [1.82, 2.24) is 15.1 Å². The first-order valence-electron chi connectivity index (χ1n) is 8.85. The zero-order valence-corrected chi connectivity index (χ0v) is 16.1. The van der Waals surface area contributed by atoms with Gasteiger partial charge in [0.15, 0.2) is 0 Å². The molecule has 0 radical (unpaired) electrons. The van der Waals surface area contributed by atoms with Crippen LogP contribution in [0.4, 0.5) is 4.79 Å². The van der Waals surface area contributed by atoms with Crippen LogP contribution in [0.3, 0.4) is 0 Å². The van der Waals surface area contributed by atoms with Crippen molar-refractivity contribution in [3.63, 3.8) is 0 Å². The van der Waals surface area contributed by atoms with Gasteiger partial charge in [-0.15, -0.1) is 0 Å². The minimum Gasteiger partial charge on any atom is -0.338 e. The van der Waals surface area contributed by atoms with E-state index in [1.165, 1.54) is 5.56 Å². The largest absolute Gasteiger partial charge is 0.338 e. The summed E-state index contributed by atoms with van der Waals surface area (Å²) in [5.74, 6) is 0. The van der Waals surface area contributed by atoms with Crippen molar-refractivity contribution in [2.75, 3.05) is 32.7 Å². The molecule has 0 unspecified atom stereocenters. The topological polar surface area (TPSA) is 35.6 Å². The van der Waals surface area contributed by atoms with Gasteiger partial charge in [0, 0.05) is 49.3 Å². The summed E-state index contributed by atoms with van der Waals surface area (Å²) in [5.41, 5.74) is 2.30. The van der Waals surface area contributed by atoms with Crippen LogP contribution in [-0.2, 0) is 13.0 Å². The van der Waals surface area contributed by atoms with Gasteiger partial charge in [-0.1, -0.05) is 53.5 Å². The minimum absolute atomic E-state index is 0.0105. The van der Waals surface area contributed by atoms with Crippen molar-refractivity contribution in [3.05, 3.63) is 69.7 Å². The number of hydrogen-bond acceptors (Lipinski definition) is 2. The first-order valence-corrected chi connectivity index (χ1v) is 9.60. The highest BCUT2D eigenvalue weighted by Crippen LogP contribution is 2.18. The van der Waals surface area contributed by atoms with Crippen LogP contribution in [0.25, 0.3) is 0 Å². The zero-order valence-electron chi connectivity index (χ0n) is 14.6. The molecule has 1 aliphatic heterocycles. The second-order valence-electron chi connectivity index (χ2n) is 6.46. The number of benzene rings is 2. The van der Waals surface area contributed by atoms with Gasteiger partial charge >= 0.3 is 6.03 Å². The minimum atomic E-state index is 0.0105. The molecule has 1 heterocycles. The smallest absolute Gasteiger partial charge is 0.317 e. The van der Waals surface area contributed by atoms with E-state index in [2.05, 4.69) is 16.3 Å². The van der Waals surface area contributed by atoms with Crippen LogP contribution in [0.1, 0.15) is 11.1 Å². The van der Waals surface area contributed by atoms with E-state index in [9.17, 15) is 4.79 Å². The van der Waals surface area contributed by atoms with E-state index in [4.69, 9.17) is 23.2 Å². The van der Waals surface area contributed by atoms with Gasteiger partial charge in [0.1, 0.15) is 0 Å². The van der Waals surface area contributed by atoms with E-state index < -0.39 is 0 Å². The summed E-state index contributed by atoms with van der Waals surface area (Å²) in [5, 5.41) is 4.53. The number of hydrogen-bond donors (Lipinski definition) is 1. The van der Waals surface area contributed by atoms with Gasteiger partial charge in [0.2, 0.25) is 0 Å². The zero-order chi connectivity index (χ0) is 18.4. The molecule has 0 aromatic heterocycles. The van der Waals surface area contributed by atoms with Crippen LogP contribution in [0, 0.1) is 0 Å². The predicted molar refractivity (Wildman–Crippen MR) is 107 cm³/mol. The standard InChI is InChI=1S/C20H23Cl2N3O/c21-18-7-5-16(6-8-18)9-10-23-20(26)25-13-11-24(12-14-25)15-17-3-1-2-4-19(17)22/h1-8H,9-15H2,(H,23,26). The Morgan fingerprint density at radius 3 is 2.35 bits per heavy atom. The van der Waals surface area contributed by atoms with Gasteiger partial charge in [0.25, 0.3) is 0 Å². The molecule has 1 aliphatic rings. The molecule has 6 heteroatoms. The summed E-state index contributed by atoms with van der Waals surface area (Å²) in [6.45, 7) is 4.63. The van der Waals surface area contributed by atoms with Gasteiger partial charge in [0.05, 0.1) is 0 Å². The number of nitrogens with zero attached hydrogens (tertiary/aromatic N) is 2. The molecular formula is C20H23Cl2N3O. The highest BCUT2D eigenvalue weighted by molar-refractivity contribution is 6.31. The molecule has 0 aliphatic carbocycles. The second kappa shape index (κ2) is 9.26. The summed E-state index contributed by atoms with van der Waals surface area (Å²) in [7, 11) is 0. The van der Waals surface area contributed by atoms with E-state index in [-0.39, 0.29) is 6.03 Å². The Balaban J connectivity index is 1.39. The molecule has 26 heavy (non-hydrogen) atoms. The molecule has 0 saturated carbocycles. The second-order valence-corrected chi connectivity index (χ2v) is 7.31. The molecule has 2 aromatic rings. The Morgan fingerprint density at radius 1 is 0.962 bits per heavy atom. The average Bonchev–Trinajstić information content (AvgIpc) is 2.66. The molecule has 2 aromatic carbocycles. The first-order chi connectivity index (χ1) is 12.6. The van der Waals surface area contributed by atoms with Crippen LogP contribution in [0.15, 0.2) is 48.5 Å². The fraction of sp³-hybridized carbons (Fsp3) is 0.350.